The van der Waals surface area contributed by atoms with E-state index in [9.17, 15) is 5.11 Å². The lowest BCUT2D eigenvalue weighted by Crippen LogP contribution is -2.26. The first kappa shape index (κ1) is 19.5. The number of ether oxygens (including phenoxy) is 1. The lowest BCUT2D eigenvalue weighted by molar-refractivity contribution is 0.0578. The summed E-state index contributed by atoms with van der Waals surface area (Å²) in [7, 11) is 1.50. The molecule has 26 heavy (non-hydrogen) atoms. The standard InChI is InChI=1S/C15H18ClIN6O2S/c1-4-25-13-9-5-6-23(26-17)12(9)20-14(21-13)19-10-7-18-22(11(10)16)8-15(2,3)24/h5-7,24H,4,8H2,1-3H3,(H,19,20,21). The normalized spacial score (nSPS) is 11.9. The Morgan fingerprint density at radius 3 is 2.85 bits per heavy atom. The number of nitrogens with one attached hydrogen (secondary N) is 1. The van der Waals surface area contributed by atoms with E-state index >= 15 is 0 Å². The van der Waals surface area contributed by atoms with Crippen LogP contribution in [0.3, 0.4) is 0 Å². The van der Waals surface area contributed by atoms with Crippen LogP contribution in [0.25, 0.3) is 11.0 Å². The Morgan fingerprint density at radius 1 is 1.42 bits per heavy atom. The van der Waals surface area contributed by atoms with Gasteiger partial charge in [-0.2, -0.15) is 15.1 Å². The minimum atomic E-state index is -0.928. The van der Waals surface area contributed by atoms with Gasteiger partial charge in [0.25, 0.3) is 0 Å². The van der Waals surface area contributed by atoms with Gasteiger partial charge in [-0.3, -0.25) is 3.97 Å². The van der Waals surface area contributed by atoms with Gasteiger partial charge in [0, 0.05) is 36.5 Å². The van der Waals surface area contributed by atoms with Crippen molar-refractivity contribution in [3.05, 3.63) is 23.6 Å². The molecule has 0 aliphatic carbocycles. The van der Waals surface area contributed by atoms with Crippen molar-refractivity contribution >= 4 is 64.6 Å². The van der Waals surface area contributed by atoms with Crippen molar-refractivity contribution in [3.8, 4) is 5.88 Å². The predicted molar refractivity (Wildman–Crippen MR) is 113 cm³/mol. The maximum Gasteiger partial charge on any atom is 0.232 e. The molecule has 0 unspecified atom stereocenters. The molecule has 0 bridgehead atoms. The quantitative estimate of drug-likeness (QED) is 0.466. The van der Waals surface area contributed by atoms with Crippen LogP contribution in [0.5, 0.6) is 5.88 Å². The first-order chi connectivity index (χ1) is 12.3. The highest BCUT2D eigenvalue weighted by Gasteiger charge is 2.19. The van der Waals surface area contributed by atoms with E-state index < -0.39 is 5.60 Å². The molecule has 0 fully saturated rings. The molecule has 11 heteroatoms. The summed E-state index contributed by atoms with van der Waals surface area (Å²) in [6.45, 7) is 6.06. The summed E-state index contributed by atoms with van der Waals surface area (Å²) in [6, 6.07) is 1.92. The number of fused-ring (bicyclic) bond motifs is 1. The molecule has 0 radical (unpaired) electrons. The maximum absolute atomic E-state index is 9.96. The maximum atomic E-state index is 9.96. The second kappa shape index (κ2) is 7.79. The molecule has 3 heterocycles. The lowest BCUT2D eigenvalue weighted by atomic mass is 10.1. The van der Waals surface area contributed by atoms with Gasteiger partial charge in [-0.15, -0.1) is 0 Å². The number of aromatic nitrogens is 5. The molecule has 0 aromatic carbocycles. The summed E-state index contributed by atoms with van der Waals surface area (Å²) in [5.41, 5.74) is 0.367. The number of hydrogen-bond donors (Lipinski definition) is 2. The van der Waals surface area contributed by atoms with E-state index in [0.29, 0.717) is 29.3 Å². The number of rotatable bonds is 7. The Hall–Kier alpha value is -1.24. The number of anilines is 2. The molecule has 0 aliphatic heterocycles. The van der Waals surface area contributed by atoms with Gasteiger partial charge < -0.3 is 15.2 Å². The van der Waals surface area contributed by atoms with Crippen LogP contribution in [-0.4, -0.2) is 41.0 Å². The van der Waals surface area contributed by atoms with Gasteiger partial charge in [0.1, 0.15) is 0 Å². The van der Waals surface area contributed by atoms with Crippen molar-refractivity contribution in [1.82, 2.24) is 23.7 Å². The average molecular weight is 509 g/mol. The van der Waals surface area contributed by atoms with E-state index in [2.05, 4.69) is 41.6 Å². The molecule has 0 saturated heterocycles. The highest BCUT2D eigenvalue weighted by Crippen LogP contribution is 2.31. The number of aliphatic hydroxyl groups is 1. The molecule has 140 valence electrons. The molecule has 0 spiro atoms. The van der Waals surface area contributed by atoms with Crippen LogP contribution in [0.1, 0.15) is 20.8 Å². The van der Waals surface area contributed by atoms with Crippen LogP contribution < -0.4 is 10.1 Å². The highest BCUT2D eigenvalue weighted by molar-refractivity contribution is 14.2. The molecule has 2 N–H and O–H groups in total. The third kappa shape index (κ3) is 4.18. The van der Waals surface area contributed by atoms with Crippen LogP contribution in [0.2, 0.25) is 5.15 Å². The van der Waals surface area contributed by atoms with E-state index in [1.54, 1.807) is 20.0 Å². The molecule has 0 amide bonds. The minimum Gasteiger partial charge on any atom is -0.477 e. The molecule has 3 aromatic rings. The fourth-order valence-corrected chi connectivity index (χ4v) is 3.84. The van der Waals surface area contributed by atoms with Crippen molar-refractivity contribution in [2.24, 2.45) is 0 Å². The predicted octanol–water partition coefficient (Wildman–Crippen LogP) is 4.04. The summed E-state index contributed by atoms with van der Waals surface area (Å²) < 4.78 is 9.10. The van der Waals surface area contributed by atoms with Gasteiger partial charge in [0.05, 0.1) is 36.0 Å². The van der Waals surface area contributed by atoms with Crippen LogP contribution in [0.15, 0.2) is 18.5 Å². The molecule has 3 rings (SSSR count). The van der Waals surface area contributed by atoms with Gasteiger partial charge in [0.2, 0.25) is 11.8 Å². The van der Waals surface area contributed by atoms with Gasteiger partial charge in [0.15, 0.2) is 10.8 Å². The third-order valence-corrected chi connectivity index (χ3v) is 5.50. The number of nitrogens with zero attached hydrogens (tertiary/aromatic N) is 5. The second-order valence-electron chi connectivity index (χ2n) is 6.18. The lowest BCUT2D eigenvalue weighted by Gasteiger charge is -2.17. The van der Waals surface area contributed by atoms with Crippen LogP contribution >= 0.6 is 41.9 Å². The SMILES string of the molecule is CCOc1nc(Nc2cnn(CC(C)(C)O)c2Cl)nc2c1ccn2SI. The highest BCUT2D eigenvalue weighted by atomic mass is 127. The minimum absolute atomic E-state index is 0.270. The van der Waals surface area contributed by atoms with Gasteiger partial charge >= 0.3 is 0 Å². The summed E-state index contributed by atoms with van der Waals surface area (Å²) >= 11 is 8.55. The first-order valence-electron chi connectivity index (χ1n) is 7.84. The van der Waals surface area contributed by atoms with Crippen LogP contribution in [-0.2, 0) is 6.54 Å². The summed E-state index contributed by atoms with van der Waals surface area (Å²) in [4.78, 5) is 9.00. The Balaban J connectivity index is 1.96. The topological polar surface area (TPSA) is 90.0 Å². The molecule has 0 atom stereocenters. The zero-order valence-corrected chi connectivity index (χ0v) is 18.1. The third-order valence-electron chi connectivity index (χ3n) is 3.39. The van der Waals surface area contributed by atoms with Gasteiger partial charge in [-0.1, -0.05) is 11.6 Å². The molecular formula is C15H18ClIN6O2S. The van der Waals surface area contributed by atoms with Gasteiger partial charge in [-0.05, 0) is 26.8 Å². The van der Waals surface area contributed by atoms with Crippen molar-refractivity contribution in [1.29, 1.82) is 0 Å². The van der Waals surface area contributed by atoms with E-state index in [1.807, 2.05) is 23.2 Å². The monoisotopic (exact) mass is 508 g/mol. The van der Waals surface area contributed by atoms with E-state index in [-0.39, 0.29) is 6.54 Å². The summed E-state index contributed by atoms with van der Waals surface area (Å²) in [5, 5.41) is 18.5. The number of hydrogen-bond acceptors (Lipinski definition) is 7. The molecule has 0 aliphatic rings. The smallest absolute Gasteiger partial charge is 0.232 e. The Morgan fingerprint density at radius 2 is 2.19 bits per heavy atom. The largest absolute Gasteiger partial charge is 0.477 e. The van der Waals surface area contributed by atoms with Crippen molar-refractivity contribution in [2.45, 2.75) is 32.9 Å². The molecular weight excluding hydrogens is 491 g/mol. The van der Waals surface area contributed by atoms with E-state index in [1.165, 1.54) is 13.8 Å². The zero-order valence-electron chi connectivity index (χ0n) is 14.4. The Kier molecular flexibility index (Phi) is 5.85. The van der Waals surface area contributed by atoms with Gasteiger partial charge in [-0.25, -0.2) is 4.68 Å². The Bertz CT molecular complexity index is 923. The van der Waals surface area contributed by atoms with Crippen molar-refractivity contribution in [3.63, 3.8) is 0 Å². The average Bonchev–Trinajstić information content (AvgIpc) is 3.12. The van der Waals surface area contributed by atoms with Crippen molar-refractivity contribution in [2.75, 3.05) is 11.9 Å². The Labute approximate surface area is 172 Å². The summed E-state index contributed by atoms with van der Waals surface area (Å²) in [6.07, 6.45) is 3.49. The van der Waals surface area contributed by atoms with E-state index in [4.69, 9.17) is 16.3 Å². The second-order valence-corrected chi connectivity index (χ2v) is 8.25. The fourth-order valence-electron chi connectivity index (χ4n) is 2.37. The van der Waals surface area contributed by atoms with E-state index in [0.717, 1.165) is 11.0 Å². The first-order valence-corrected chi connectivity index (χ1v) is 11.5. The summed E-state index contributed by atoms with van der Waals surface area (Å²) in [5.74, 6) is 0.861. The fraction of sp³-hybridized carbons (Fsp3) is 0.400. The van der Waals surface area contributed by atoms with Crippen LogP contribution in [0, 0.1) is 0 Å². The zero-order chi connectivity index (χ0) is 18.9. The molecule has 3 aromatic heterocycles. The van der Waals surface area contributed by atoms with Crippen molar-refractivity contribution < 1.29 is 9.84 Å². The number of halogens is 2. The van der Waals surface area contributed by atoms with Crippen LogP contribution in [0.4, 0.5) is 11.6 Å². The molecule has 0 saturated carbocycles. The molecule has 8 nitrogen and oxygen atoms in total.